The van der Waals surface area contributed by atoms with Gasteiger partial charge in [-0.25, -0.2) is 13.1 Å². The summed E-state index contributed by atoms with van der Waals surface area (Å²) in [6.07, 6.45) is 0. The summed E-state index contributed by atoms with van der Waals surface area (Å²) in [6, 6.07) is 1.73. The molecule has 122 valence electrons. The van der Waals surface area contributed by atoms with Gasteiger partial charge in [-0.05, 0) is 28.6 Å². The van der Waals surface area contributed by atoms with E-state index < -0.39 is 10.0 Å². The Morgan fingerprint density at radius 1 is 1.38 bits per heavy atom. The molecule has 8 heteroatoms. The van der Waals surface area contributed by atoms with Gasteiger partial charge in [0.05, 0.1) is 6.54 Å². The Balaban J connectivity index is 2.78. The van der Waals surface area contributed by atoms with E-state index in [2.05, 4.69) is 26.0 Å². The molecule has 0 saturated heterocycles. The van der Waals surface area contributed by atoms with E-state index in [1.165, 1.54) is 0 Å². The van der Waals surface area contributed by atoms with E-state index in [9.17, 15) is 8.42 Å². The first-order valence-electron chi connectivity index (χ1n) is 6.88. The zero-order valence-corrected chi connectivity index (χ0v) is 16.0. The van der Waals surface area contributed by atoms with Crippen LogP contribution in [0.15, 0.2) is 20.0 Å². The number of halogens is 1. The molecule has 0 aromatic carbocycles. The Morgan fingerprint density at radius 2 is 2.05 bits per heavy atom. The van der Waals surface area contributed by atoms with E-state index in [-0.39, 0.29) is 15.6 Å². The van der Waals surface area contributed by atoms with Crippen molar-refractivity contribution in [3.05, 3.63) is 16.5 Å². The lowest BCUT2D eigenvalue weighted by atomic mass is 10.3. The predicted molar refractivity (Wildman–Crippen MR) is 91.2 cm³/mol. The minimum atomic E-state index is -3.57. The van der Waals surface area contributed by atoms with Crippen molar-refractivity contribution in [1.82, 2.24) is 10.0 Å². The molecule has 0 amide bonds. The second-order valence-electron chi connectivity index (χ2n) is 5.07. The number of thioether (sulfide) groups is 1. The van der Waals surface area contributed by atoms with Crippen LogP contribution in [0.2, 0.25) is 0 Å². The summed E-state index contributed by atoms with van der Waals surface area (Å²) in [6.45, 7) is 8.43. The molecule has 21 heavy (non-hydrogen) atoms. The Morgan fingerprint density at radius 3 is 2.62 bits per heavy atom. The fourth-order valence-corrected chi connectivity index (χ4v) is 4.65. The number of rotatable bonds is 9. The van der Waals surface area contributed by atoms with Gasteiger partial charge in [-0.1, -0.05) is 20.8 Å². The molecule has 0 radical (unpaired) electrons. The molecule has 1 unspecified atom stereocenters. The minimum Gasteiger partial charge on any atom is -0.452 e. The first-order valence-corrected chi connectivity index (χ1v) is 10.3. The van der Waals surface area contributed by atoms with Crippen molar-refractivity contribution < 1.29 is 12.8 Å². The molecule has 0 bridgehead atoms. The molecule has 1 heterocycles. The van der Waals surface area contributed by atoms with Crippen molar-refractivity contribution >= 4 is 37.7 Å². The van der Waals surface area contributed by atoms with Crippen LogP contribution in [-0.2, 0) is 16.6 Å². The van der Waals surface area contributed by atoms with Crippen LogP contribution in [0.1, 0.15) is 33.5 Å². The fraction of sp³-hybridized carbons (Fsp3) is 0.692. The molecule has 1 aromatic heterocycles. The smallest absolute Gasteiger partial charge is 0.245 e. The second-order valence-corrected chi connectivity index (χ2v) is 8.79. The monoisotopic (exact) mass is 398 g/mol. The highest BCUT2D eigenvalue weighted by Crippen LogP contribution is 2.26. The SMILES string of the molecule is CCSCC(C)NS(=O)(=O)c1cc(CNC(C)C)oc1Br. The number of furan rings is 1. The molecule has 0 aliphatic rings. The predicted octanol–water partition coefficient (Wildman–Crippen LogP) is 2.96. The van der Waals surface area contributed by atoms with Crippen molar-refractivity contribution in [2.24, 2.45) is 0 Å². The van der Waals surface area contributed by atoms with Gasteiger partial charge in [0.15, 0.2) is 4.67 Å². The number of nitrogens with one attached hydrogen (secondary N) is 2. The van der Waals surface area contributed by atoms with Crippen molar-refractivity contribution in [2.75, 3.05) is 11.5 Å². The quantitative estimate of drug-likeness (QED) is 0.668. The normalized spacial score (nSPS) is 13.8. The maximum Gasteiger partial charge on any atom is 0.245 e. The van der Waals surface area contributed by atoms with Crippen LogP contribution in [0.3, 0.4) is 0 Å². The van der Waals surface area contributed by atoms with Crippen molar-refractivity contribution in [3.8, 4) is 0 Å². The molecule has 0 fully saturated rings. The third-order valence-electron chi connectivity index (χ3n) is 2.61. The molecule has 0 saturated carbocycles. The van der Waals surface area contributed by atoms with Crippen molar-refractivity contribution in [3.63, 3.8) is 0 Å². The summed E-state index contributed by atoms with van der Waals surface area (Å²) in [4.78, 5) is 0.149. The van der Waals surface area contributed by atoms with E-state index in [0.717, 1.165) is 11.5 Å². The van der Waals surface area contributed by atoms with Gasteiger partial charge in [0, 0.05) is 23.9 Å². The minimum absolute atomic E-state index is 0.126. The average Bonchev–Trinajstić information content (AvgIpc) is 2.75. The molecule has 2 N–H and O–H groups in total. The van der Waals surface area contributed by atoms with E-state index in [0.29, 0.717) is 18.3 Å². The van der Waals surface area contributed by atoms with Gasteiger partial charge in [0.1, 0.15) is 10.7 Å². The summed E-state index contributed by atoms with van der Waals surface area (Å²) < 4.78 is 33.0. The van der Waals surface area contributed by atoms with E-state index >= 15 is 0 Å². The molecule has 1 rings (SSSR count). The maximum absolute atomic E-state index is 12.3. The molecular weight excluding hydrogens is 376 g/mol. The van der Waals surface area contributed by atoms with Crippen LogP contribution < -0.4 is 10.0 Å². The summed E-state index contributed by atoms with van der Waals surface area (Å²) in [5.41, 5.74) is 0. The molecular formula is C13H23BrN2O3S2. The van der Waals surface area contributed by atoms with Crippen molar-refractivity contribution in [1.29, 1.82) is 0 Å². The van der Waals surface area contributed by atoms with Gasteiger partial charge in [-0.15, -0.1) is 0 Å². The molecule has 1 atom stereocenters. The molecule has 5 nitrogen and oxygen atoms in total. The van der Waals surface area contributed by atoms with E-state index in [4.69, 9.17) is 4.42 Å². The number of sulfonamides is 1. The zero-order chi connectivity index (χ0) is 16.0. The molecule has 0 aliphatic carbocycles. The average molecular weight is 399 g/mol. The lowest BCUT2D eigenvalue weighted by molar-refractivity contribution is 0.447. The zero-order valence-electron chi connectivity index (χ0n) is 12.8. The van der Waals surface area contributed by atoms with Gasteiger partial charge in [0.25, 0.3) is 0 Å². The Hall–Kier alpha value is -0.0200. The van der Waals surface area contributed by atoms with Gasteiger partial charge < -0.3 is 9.73 Å². The van der Waals surface area contributed by atoms with Crippen molar-refractivity contribution in [2.45, 2.75) is 51.2 Å². The van der Waals surface area contributed by atoms with Crippen LogP contribution >= 0.6 is 27.7 Å². The van der Waals surface area contributed by atoms with Gasteiger partial charge in [-0.2, -0.15) is 11.8 Å². The summed E-state index contributed by atoms with van der Waals surface area (Å²) >= 11 is 4.88. The van der Waals surface area contributed by atoms with Crippen LogP contribution in [0, 0.1) is 0 Å². The van der Waals surface area contributed by atoms with Crippen LogP contribution in [0.25, 0.3) is 0 Å². The summed E-state index contributed by atoms with van der Waals surface area (Å²) in [5.74, 6) is 2.30. The van der Waals surface area contributed by atoms with Gasteiger partial charge >= 0.3 is 0 Å². The van der Waals surface area contributed by atoms with Gasteiger partial charge in [-0.3, -0.25) is 0 Å². The van der Waals surface area contributed by atoms with E-state index in [1.807, 2.05) is 27.7 Å². The second kappa shape index (κ2) is 8.57. The Kier molecular flexibility index (Phi) is 7.77. The van der Waals surface area contributed by atoms with E-state index in [1.54, 1.807) is 17.8 Å². The highest BCUT2D eigenvalue weighted by atomic mass is 79.9. The molecule has 0 spiro atoms. The fourth-order valence-electron chi connectivity index (χ4n) is 1.63. The topological polar surface area (TPSA) is 71.3 Å². The third-order valence-corrected chi connectivity index (χ3v) is 6.20. The first-order chi connectivity index (χ1) is 9.76. The standard InChI is InChI=1S/C13H23BrN2O3S2/c1-5-20-8-10(4)16-21(17,18)12-6-11(19-13(12)14)7-15-9(2)3/h6,9-10,15-16H,5,7-8H2,1-4H3. The number of hydrogen-bond acceptors (Lipinski definition) is 5. The number of hydrogen-bond donors (Lipinski definition) is 2. The third kappa shape index (κ3) is 6.32. The van der Waals surface area contributed by atoms with Crippen LogP contribution in [0.5, 0.6) is 0 Å². The van der Waals surface area contributed by atoms with Crippen LogP contribution in [-0.4, -0.2) is 32.0 Å². The highest BCUT2D eigenvalue weighted by molar-refractivity contribution is 9.10. The lowest BCUT2D eigenvalue weighted by Crippen LogP contribution is -2.34. The summed E-state index contributed by atoms with van der Waals surface area (Å²) in [5, 5.41) is 3.19. The van der Waals surface area contributed by atoms with Gasteiger partial charge in [0.2, 0.25) is 10.0 Å². The largest absolute Gasteiger partial charge is 0.452 e. The Bertz CT molecular complexity index is 544. The molecule has 1 aromatic rings. The van der Waals surface area contributed by atoms with Crippen LogP contribution in [0.4, 0.5) is 0 Å². The Labute approximate surface area is 139 Å². The lowest BCUT2D eigenvalue weighted by Gasteiger charge is -2.12. The first kappa shape index (κ1) is 19.0. The molecule has 0 aliphatic heterocycles. The summed E-state index contributed by atoms with van der Waals surface area (Å²) in [7, 11) is -3.57. The maximum atomic E-state index is 12.3. The highest BCUT2D eigenvalue weighted by Gasteiger charge is 2.24.